The smallest absolute Gasteiger partial charge is 0.424 e. The van der Waals surface area contributed by atoms with Crippen LogP contribution in [-0.4, -0.2) is 56.4 Å². The summed E-state index contributed by atoms with van der Waals surface area (Å²) in [5.41, 5.74) is 0. The van der Waals surface area contributed by atoms with Crippen LogP contribution in [0.15, 0.2) is 0 Å². The standard InChI is InChI=1S/C11H16O7/c1-11(2)14-4-5-6(18-11)7-8(9(13-3)15-5)17-10(12)16-7/h5-9H,4H2,1-3H3/t5-,6+,7?,8+,9-/m1/s1. The molecule has 7 heteroatoms. The van der Waals surface area contributed by atoms with Crippen LogP contribution >= 0.6 is 0 Å². The summed E-state index contributed by atoms with van der Waals surface area (Å²) in [5.74, 6) is -0.732. The Morgan fingerprint density at radius 2 is 1.94 bits per heavy atom. The number of hydrogen-bond donors (Lipinski definition) is 0. The minimum absolute atomic E-state index is 0.335. The van der Waals surface area contributed by atoms with Gasteiger partial charge in [-0.3, -0.25) is 0 Å². The summed E-state index contributed by atoms with van der Waals surface area (Å²) >= 11 is 0. The lowest BCUT2D eigenvalue weighted by Gasteiger charge is -2.47. The number of hydrogen-bond acceptors (Lipinski definition) is 7. The van der Waals surface area contributed by atoms with Crippen LogP contribution in [0.4, 0.5) is 4.79 Å². The molecule has 3 heterocycles. The summed E-state index contributed by atoms with van der Waals surface area (Å²) < 4.78 is 32.3. The molecule has 3 aliphatic rings. The third kappa shape index (κ3) is 1.87. The van der Waals surface area contributed by atoms with Gasteiger partial charge in [0, 0.05) is 7.11 Å². The first-order valence-electron chi connectivity index (χ1n) is 5.87. The average molecular weight is 260 g/mol. The number of carbonyl (C=O) groups is 1. The van der Waals surface area contributed by atoms with Gasteiger partial charge in [-0.15, -0.1) is 0 Å². The largest absolute Gasteiger partial charge is 0.509 e. The minimum atomic E-state index is -0.732. The van der Waals surface area contributed by atoms with Gasteiger partial charge < -0.3 is 28.4 Å². The predicted octanol–water partition coefficient (Wildman–Crippen LogP) is 0.413. The van der Waals surface area contributed by atoms with E-state index in [1.807, 2.05) is 0 Å². The Morgan fingerprint density at radius 1 is 1.22 bits per heavy atom. The quantitative estimate of drug-likeness (QED) is 0.632. The second kappa shape index (κ2) is 4.06. The van der Waals surface area contributed by atoms with Crippen molar-refractivity contribution in [1.82, 2.24) is 0 Å². The molecule has 1 unspecified atom stereocenters. The van der Waals surface area contributed by atoms with Gasteiger partial charge in [-0.25, -0.2) is 4.79 Å². The van der Waals surface area contributed by atoms with Gasteiger partial charge in [-0.2, -0.15) is 0 Å². The molecule has 5 atom stereocenters. The van der Waals surface area contributed by atoms with Gasteiger partial charge in [0.05, 0.1) is 6.61 Å². The first-order chi connectivity index (χ1) is 8.50. The summed E-state index contributed by atoms with van der Waals surface area (Å²) in [5, 5.41) is 0. The maximum absolute atomic E-state index is 11.3. The highest BCUT2D eigenvalue weighted by Gasteiger charge is 2.58. The molecule has 0 amide bonds. The third-order valence-electron chi connectivity index (χ3n) is 3.30. The van der Waals surface area contributed by atoms with Crippen molar-refractivity contribution in [2.24, 2.45) is 0 Å². The van der Waals surface area contributed by atoms with E-state index in [2.05, 4.69) is 0 Å². The van der Waals surface area contributed by atoms with Gasteiger partial charge in [-0.1, -0.05) is 0 Å². The van der Waals surface area contributed by atoms with Gasteiger partial charge in [0.2, 0.25) is 0 Å². The number of methoxy groups -OCH3 is 1. The lowest BCUT2D eigenvalue weighted by atomic mass is 9.97. The number of carbonyl (C=O) groups excluding carboxylic acids is 1. The minimum Gasteiger partial charge on any atom is -0.424 e. The van der Waals surface area contributed by atoms with Crippen molar-refractivity contribution in [3.05, 3.63) is 0 Å². The molecule has 0 spiro atoms. The zero-order valence-electron chi connectivity index (χ0n) is 10.5. The van der Waals surface area contributed by atoms with Gasteiger partial charge in [0.15, 0.2) is 24.3 Å². The normalized spacial score (nSPS) is 45.7. The van der Waals surface area contributed by atoms with Crippen molar-refractivity contribution in [1.29, 1.82) is 0 Å². The van der Waals surface area contributed by atoms with Gasteiger partial charge in [-0.05, 0) is 13.8 Å². The van der Waals surface area contributed by atoms with Crippen molar-refractivity contribution in [2.75, 3.05) is 13.7 Å². The third-order valence-corrected chi connectivity index (χ3v) is 3.30. The molecule has 3 saturated heterocycles. The molecule has 0 bridgehead atoms. The molecule has 3 rings (SSSR count). The summed E-state index contributed by atoms with van der Waals surface area (Å²) in [6.45, 7) is 3.97. The topological polar surface area (TPSA) is 72.5 Å². The van der Waals surface area contributed by atoms with E-state index in [4.69, 9.17) is 28.4 Å². The zero-order chi connectivity index (χ0) is 12.9. The van der Waals surface area contributed by atoms with E-state index in [1.165, 1.54) is 7.11 Å². The van der Waals surface area contributed by atoms with E-state index in [9.17, 15) is 4.79 Å². The monoisotopic (exact) mass is 260 g/mol. The van der Waals surface area contributed by atoms with Crippen LogP contribution in [-0.2, 0) is 28.4 Å². The summed E-state index contributed by atoms with van der Waals surface area (Å²) in [4.78, 5) is 11.3. The molecule has 0 aliphatic carbocycles. The van der Waals surface area contributed by atoms with Crippen LogP contribution in [0, 0.1) is 0 Å². The van der Waals surface area contributed by atoms with Crippen molar-refractivity contribution < 1.29 is 33.2 Å². The Kier molecular flexibility index (Phi) is 2.74. The second-order valence-electron chi connectivity index (χ2n) is 4.99. The van der Waals surface area contributed by atoms with Gasteiger partial charge in [0.25, 0.3) is 0 Å². The number of fused-ring (bicyclic) bond motifs is 3. The average Bonchev–Trinajstić information content (AvgIpc) is 2.69. The maximum atomic E-state index is 11.3. The molecule has 7 nitrogen and oxygen atoms in total. The fourth-order valence-corrected chi connectivity index (χ4v) is 2.50. The van der Waals surface area contributed by atoms with Crippen molar-refractivity contribution in [2.45, 2.75) is 50.3 Å². The fraction of sp³-hybridized carbons (Fsp3) is 0.909. The molecule has 0 aromatic heterocycles. The van der Waals surface area contributed by atoms with Crippen LogP contribution in [0.5, 0.6) is 0 Å². The van der Waals surface area contributed by atoms with Crippen molar-refractivity contribution in [3.8, 4) is 0 Å². The molecule has 3 aliphatic heterocycles. The van der Waals surface area contributed by atoms with Gasteiger partial charge in [0.1, 0.15) is 12.2 Å². The highest BCUT2D eigenvalue weighted by Crippen LogP contribution is 2.37. The van der Waals surface area contributed by atoms with Crippen molar-refractivity contribution >= 4 is 6.16 Å². The van der Waals surface area contributed by atoms with E-state index in [-0.39, 0.29) is 6.10 Å². The fourth-order valence-electron chi connectivity index (χ4n) is 2.50. The molecule has 0 aromatic rings. The molecule has 0 aromatic carbocycles. The van der Waals surface area contributed by atoms with E-state index in [0.717, 1.165) is 0 Å². The van der Waals surface area contributed by atoms with Crippen LogP contribution in [0.25, 0.3) is 0 Å². The van der Waals surface area contributed by atoms with Crippen LogP contribution in [0.3, 0.4) is 0 Å². The van der Waals surface area contributed by atoms with E-state index >= 15 is 0 Å². The SMILES string of the molecule is CO[C@@H]1O[C@@H]2COC(C)(C)O[C@@H]2C2OC(=O)O[C@@H]21. The highest BCUT2D eigenvalue weighted by atomic mass is 16.8. The maximum Gasteiger partial charge on any atom is 0.509 e. The van der Waals surface area contributed by atoms with E-state index in [0.29, 0.717) is 6.61 Å². The number of rotatable bonds is 1. The van der Waals surface area contributed by atoms with E-state index in [1.54, 1.807) is 13.8 Å². The van der Waals surface area contributed by atoms with Gasteiger partial charge >= 0.3 is 6.16 Å². The summed E-state index contributed by atoms with van der Waals surface area (Å²) in [6.07, 6.45) is -3.24. The lowest BCUT2D eigenvalue weighted by Crippen LogP contribution is -2.63. The lowest BCUT2D eigenvalue weighted by molar-refractivity contribution is -0.368. The predicted molar refractivity (Wildman–Crippen MR) is 55.7 cm³/mol. The van der Waals surface area contributed by atoms with E-state index < -0.39 is 36.5 Å². The summed E-state index contributed by atoms with van der Waals surface area (Å²) in [7, 11) is 1.49. The van der Waals surface area contributed by atoms with Crippen molar-refractivity contribution in [3.63, 3.8) is 0 Å². The highest BCUT2D eigenvalue weighted by molar-refractivity contribution is 5.63. The van der Waals surface area contributed by atoms with Crippen LogP contribution in [0.1, 0.15) is 13.8 Å². The molecular weight excluding hydrogens is 244 g/mol. The molecular formula is C11H16O7. The molecule has 18 heavy (non-hydrogen) atoms. The number of ether oxygens (including phenoxy) is 6. The Hall–Kier alpha value is -0.890. The Bertz CT molecular complexity index is 355. The summed E-state index contributed by atoms with van der Waals surface area (Å²) in [6, 6.07) is 0. The zero-order valence-corrected chi connectivity index (χ0v) is 10.5. The molecule has 0 radical (unpaired) electrons. The molecule has 0 N–H and O–H groups in total. The van der Waals surface area contributed by atoms with Crippen LogP contribution < -0.4 is 0 Å². The first kappa shape index (κ1) is 12.2. The second-order valence-corrected chi connectivity index (χ2v) is 4.99. The Morgan fingerprint density at radius 3 is 2.67 bits per heavy atom. The first-order valence-corrected chi connectivity index (χ1v) is 5.87. The molecule has 0 saturated carbocycles. The molecule has 102 valence electrons. The Balaban J connectivity index is 1.84. The Labute approximate surface area is 104 Å². The van der Waals surface area contributed by atoms with Crippen LogP contribution in [0.2, 0.25) is 0 Å². The molecule has 3 fully saturated rings.